The minimum absolute atomic E-state index is 0. The smallest absolute Gasteiger partial charge is 0 e. The van der Waals surface area contributed by atoms with Gasteiger partial charge in [0.05, 0.1) is 0 Å². The van der Waals surface area contributed by atoms with Gasteiger partial charge in [-0.3, -0.25) is 0 Å². The molecule has 0 saturated heterocycles. The van der Waals surface area contributed by atoms with Crippen molar-refractivity contribution in [1.82, 2.24) is 10.6 Å². The zero-order valence-corrected chi connectivity index (χ0v) is 11.7. The van der Waals surface area contributed by atoms with Crippen molar-refractivity contribution >= 4 is 25.8 Å². The minimum atomic E-state index is 0. The molecule has 0 unspecified atom stereocenters. The zero-order chi connectivity index (χ0) is 12.9. The number of nitrogens with one attached hydrogen (secondary N) is 2. The summed E-state index contributed by atoms with van der Waals surface area (Å²) in [7, 11) is 1.51. The van der Waals surface area contributed by atoms with Gasteiger partial charge in [0, 0.05) is 32.7 Å². The van der Waals surface area contributed by atoms with Crippen LogP contribution < -0.4 is 10.6 Å². The Morgan fingerprint density at radius 1 is 0.944 bits per heavy atom. The summed E-state index contributed by atoms with van der Waals surface area (Å²) in [6, 6.07) is 0. The van der Waals surface area contributed by atoms with Crippen LogP contribution in [-0.2, 0) is 51.9 Å². The number of rotatable bonds is 3. The maximum atomic E-state index is 9.17. The SMILES string of the molecule is C.C.CCN[C-]=O.CN[C-]=O.O=[C-]O.O=[C-]O.[Y]. The van der Waals surface area contributed by atoms with Crippen molar-refractivity contribution < 1.29 is 62.1 Å². The largest absolute Gasteiger partial charge is 0.665 e. The second kappa shape index (κ2) is 100. The van der Waals surface area contributed by atoms with Gasteiger partial charge < -0.3 is 40.0 Å². The number of hydrogen-bond acceptors (Lipinski definition) is 4. The van der Waals surface area contributed by atoms with Crippen LogP contribution in [0.2, 0.25) is 0 Å². The maximum Gasteiger partial charge on any atom is 0 e. The Hall–Kier alpha value is -1.02. The summed E-state index contributed by atoms with van der Waals surface area (Å²) in [5.41, 5.74) is 0. The van der Waals surface area contributed by atoms with Gasteiger partial charge in [-0.05, 0) is 13.6 Å². The standard InChI is InChI=1S/C3H6NO.C2H4NO.2CHO2.2CH4.Y/c1-2-4-3-5;1-3-2-4;2*2-1-3;;;/h2H2,1H3,(H,4,5);1H3,(H,3,4);2*(H,2,3);2*1H4;/q4*-1;;;. The van der Waals surface area contributed by atoms with E-state index in [1.807, 2.05) is 6.92 Å². The normalized spacial score (nSPS) is 4.33. The van der Waals surface area contributed by atoms with Crippen LogP contribution in [0.4, 0.5) is 0 Å². The molecule has 109 valence electrons. The van der Waals surface area contributed by atoms with Gasteiger partial charge in [0.1, 0.15) is 0 Å². The fourth-order valence-corrected chi connectivity index (χ4v) is 0.0722. The van der Waals surface area contributed by atoms with Crippen LogP contribution in [-0.4, -0.2) is 49.6 Å². The summed E-state index contributed by atoms with van der Waals surface area (Å²) in [5, 5.41) is 18.0. The molecule has 0 aromatic carbocycles. The van der Waals surface area contributed by atoms with Crippen molar-refractivity contribution in [3.05, 3.63) is 0 Å². The Morgan fingerprint density at radius 3 is 1.17 bits per heavy atom. The van der Waals surface area contributed by atoms with Gasteiger partial charge >= 0.3 is 0 Å². The molecule has 0 fully saturated rings. The summed E-state index contributed by atoms with van der Waals surface area (Å²) in [6.07, 6.45) is 2.95. The van der Waals surface area contributed by atoms with Crippen molar-refractivity contribution in [3.63, 3.8) is 0 Å². The Bertz CT molecular complexity index is 132. The Balaban J connectivity index is -0.0000000174. The predicted molar refractivity (Wildman–Crippen MR) is 64.2 cm³/mol. The van der Waals surface area contributed by atoms with E-state index in [0.29, 0.717) is 19.5 Å². The van der Waals surface area contributed by atoms with Crippen LogP contribution in [0.1, 0.15) is 21.8 Å². The first-order valence-electron chi connectivity index (χ1n) is 3.32. The van der Waals surface area contributed by atoms with E-state index in [-0.39, 0.29) is 47.6 Å². The van der Waals surface area contributed by atoms with Crippen molar-refractivity contribution in [2.45, 2.75) is 21.8 Å². The average molecular weight is 341 g/mol. The predicted octanol–water partition coefficient (Wildman–Crippen LogP) is -0.571. The molecular weight excluding hydrogens is 321 g/mol. The van der Waals surface area contributed by atoms with Crippen LogP contribution in [0, 0.1) is 0 Å². The third-order valence-electron chi connectivity index (χ3n) is 0.351. The summed E-state index contributed by atoms with van der Waals surface area (Å²) in [5.74, 6) is 0. The van der Waals surface area contributed by atoms with E-state index in [1.165, 1.54) is 19.9 Å². The average Bonchev–Trinajstić information content (AvgIpc) is 2.22. The third kappa shape index (κ3) is 744. The Labute approximate surface area is 133 Å². The van der Waals surface area contributed by atoms with Gasteiger partial charge in [-0.15, -0.1) is 0 Å². The van der Waals surface area contributed by atoms with E-state index >= 15 is 0 Å². The van der Waals surface area contributed by atoms with Gasteiger partial charge in [0.15, 0.2) is 0 Å². The van der Waals surface area contributed by atoms with Crippen molar-refractivity contribution in [3.8, 4) is 0 Å². The molecule has 0 atom stereocenters. The van der Waals surface area contributed by atoms with Crippen LogP contribution in [0.3, 0.4) is 0 Å². The molecule has 0 aliphatic heterocycles. The van der Waals surface area contributed by atoms with E-state index in [4.69, 9.17) is 29.4 Å². The van der Waals surface area contributed by atoms with Gasteiger partial charge in [-0.1, -0.05) is 34.7 Å². The van der Waals surface area contributed by atoms with Gasteiger partial charge in [0.2, 0.25) is 0 Å². The first-order valence-corrected chi connectivity index (χ1v) is 3.32. The first kappa shape index (κ1) is 43.5. The molecule has 0 aliphatic carbocycles. The number of amides is 2. The molecule has 0 spiro atoms. The molecule has 0 heterocycles. The molecule has 0 aliphatic rings. The molecule has 0 saturated carbocycles. The number of aliphatic hydroxyl groups excluding tert-OH is 2. The van der Waals surface area contributed by atoms with Crippen LogP contribution in [0.15, 0.2) is 0 Å². The molecule has 8 nitrogen and oxygen atoms in total. The molecule has 18 heavy (non-hydrogen) atoms. The van der Waals surface area contributed by atoms with E-state index in [9.17, 15) is 0 Å². The molecule has 1 radical (unpaired) electrons. The summed E-state index contributed by atoms with van der Waals surface area (Å²) in [6.45, 7) is 3.51. The second-order valence-corrected chi connectivity index (χ2v) is 1.17. The minimum Gasteiger partial charge on any atom is -0.665 e. The topological polar surface area (TPSA) is 133 Å². The molecule has 2 amide bonds. The van der Waals surface area contributed by atoms with Crippen molar-refractivity contribution in [2.24, 2.45) is 0 Å². The van der Waals surface area contributed by atoms with E-state index in [2.05, 4.69) is 10.6 Å². The van der Waals surface area contributed by atoms with E-state index < -0.39 is 0 Å². The van der Waals surface area contributed by atoms with Gasteiger partial charge in [-0.25, -0.2) is 0 Å². The number of hydrogen-bond donors (Lipinski definition) is 4. The summed E-state index contributed by atoms with van der Waals surface area (Å²) < 4.78 is 0. The quantitative estimate of drug-likeness (QED) is 0.401. The maximum absolute atomic E-state index is 9.17. The van der Waals surface area contributed by atoms with E-state index in [1.54, 1.807) is 0 Å². The third-order valence-corrected chi connectivity index (χ3v) is 0.351. The van der Waals surface area contributed by atoms with Gasteiger partial charge in [0.25, 0.3) is 0 Å². The van der Waals surface area contributed by atoms with Gasteiger partial charge in [-0.2, -0.15) is 12.8 Å². The van der Waals surface area contributed by atoms with Crippen molar-refractivity contribution in [1.29, 1.82) is 0 Å². The molecular formula is C9H20N2O6Y-4. The van der Waals surface area contributed by atoms with Crippen LogP contribution in [0.25, 0.3) is 0 Å². The fourth-order valence-electron chi connectivity index (χ4n) is 0.0722. The fraction of sp³-hybridized carbons (Fsp3) is 0.556. The molecule has 9 heteroatoms. The number of carbonyl (C=O) groups excluding carboxylic acids is 2. The molecule has 0 aromatic heterocycles. The second-order valence-electron chi connectivity index (χ2n) is 1.17. The Kier molecular flexibility index (Phi) is 242. The molecule has 0 bridgehead atoms. The van der Waals surface area contributed by atoms with Crippen LogP contribution >= 0.6 is 0 Å². The summed E-state index contributed by atoms with van der Waals surface area (Å²) in [4.78, 5) is 34.6. The molecule has 0 rings (SSSR count). The monoisotopic (exact) mass is 341 g/mol. The Morgan fingerprint density at radius 2 is 1.17 bits per heavy atom. The zero-order valence-electron chi connectivity index (χ0n) is 8.81. The van der Waals surface area contributed by atoms with Crippen molar-refractivity contribution in [2.75, 3.05) is 13.6 Å². The molecule has 0 aromatic rings. The van der Waals surface area contributed by atoms with E-state index in [0.717, 1.165) is 0 Å². The molecule has 4 N–H and O–H groups in total. The summed E-state index contributed by atoms with van der Waals surface area (Å²) >= 11 is 0. The van der Waals surface area contributed by atoms with Crippen LogP contribution in [0.5, 0.6) is 0 Å². The first-order chi connectivity index (χ1) is 7.16.